The largest absolute Gasteiger partial charge is 0.469 e. The molecule has 7 aliphatic rings. The molecule has 5 fully saturated rings. The van der Waals surface area contributed by atoms with E-state index in [1.54, 1.807) is 36.6 Å². The third kappa shape index (κ3) is 21.7. The highest BCUT2D eigenvalue weighted by Gasteiger charge is 2.56. The fourth-order valence-corrected chi connectivity index (χ4v) is 13.1. The molecule has 101 heavy (non-hydrogen) atoms. The molecule has 11 rings (SSSR count). The molecule has 16 atom stereocenters. The van der Waals surface area contributed by atoms with Gasteiger partial charge in [0.2, 0.25) is 12.0 Å². The van der Waals surface area contributed by atoms with Crippen LogP contribution in [-0.4, -0.2) is 251 Å². The van der Waals surface area contributed by atoms with E-state index in [0.717, 1.165) is 25.9 Å². The van der Waals surface area contributed by atoms with Crippen molar-refractivity contribution < 1.29 is 144 Å². The fourth-order valence-electron chi connectivity index (χ4n) is 11.7. The zero-order valence-corrected chi connectivity index (χ0v) is 57.6. The van der Waals surface area contributed by atoms with Crippen LogP contribution >= 0.6 is 31.3 Å². The first kappa shape index (κ1) is 82.5. The number of nitrogens with zero attached hydrogens (tertiary/aromatic N) is 10. The summed E-state index contributed by atoms with van der Waals surface area (Å²) < 4.78 is 94.0. The lowest BCUT2D eigenvalue weighted by Crippen LogP contribution is -2.45. The molecule has 3 saturated heterocycles. The SMILES string of the molecule is C.C=C1NC(=O)C=CN1[C@@H]1CC(COP(=O)(O)O)[C@@H](O)[C@H]1O.C=C1NC(=O)C=CN1[C@@H]1CC(COP(=O)(O)O)[C@H]2OC(C)(C)OC21.CCCCOCCCNc1ncnc2c1ncn2[C@@H]1OC(COP(=O)(O)O)[C@@H](O)[C@H]1O.C[n+]1cnc2c(ncn2[C@@H]2OC(COP(=O)(O)O)[C@@H](O)[C@H]2O)c1N. The number of rotatable bonds is 24. The fraction of sp³-hybridized carbons (Fsp3) is 0.630. The van der Waals surface area contributed by atoms with E-state index in [1.807, 2.05) is 0 Å². The number of ether oxygens (including phenoxy) is 5. The van der Waals surface area contributed by atoms with Crippen molar-refractivity contribution in [1.82, 2.24) is 54.5 Å². The summed E-state index contributed by atoms with van der Waals surface area (Å²) in [5.41, 5.74) is 7.44. The summed E-state index contributed by atoms with van der Waals surface area (Å²) in [6.07, 6.45) is 1.89. The van der Waals surface area contributed by atoms with Gasteiger partial charge in [-0.2, -0.15) is 0 Å². The molecule has 5 unspecified atom stereocenters. The molecular weight excluding hydrogens is 1430 g/mol. The Hall–Kier alpha value is -5.80. The standard InChI is InChI=1S/C17H28N5O8P.C14H21N2O7P.C11H16N5O7P.C11H17N2O7P.CH4/c1-2-3-6-28-7-4-5-18-15-12-16(20-9-19-15)22(10-21-12)17-14(24)13(23)11(30-17)8-29-31(25,26)27;1-8-15-11(17)4-5-16(8)10-6-9(7-21-24(18,19)20)12-13(10)23-14(2,3)22-12;1-15-3-14-10-6(9(15)12)13-4-16(10)11-8(18)7(17)5(23-11)2-22-24(19,20)21;1-6-12-9(14)2-3-13(6)8-4-7(10(15)11(8)16)5-20-21(17,18)19;/h9-11,13-14,17,23-24H,2-8H2,1H3,(H,18,19,20)(H2,25,26,27);4-5,9-10,12-13H,1,6-7H2,2-3H3,(H,15,17)(H2,18,19,20);3-5,7-8,11-12,17-18H,2H2,1H3,(H2,19,20,21);2-3,7-8,10-11,15-16H,1,4-5H2,(H,12,14)(H2,17,18,19);1H4/p+1/t11?,13-,14-,17-;9?,10-,12-,13?;5?,7-,8-,11-;7?,8-,10-,11+;/m1111./s1. The van der Waals surface area contributed by atoms with Crippen LogP contribution in [0.3, 0.4) is 0 Å². The average Bonchev–Trinajstić information content (AvgIpc) is 1.67. The van der Waals surface area contributed by atoms with Gasteiger partial charge in [0.1, 0.15) is 73.1 Å². The number of unbranched alkanes of at least 4 members (excludes halogenated alkanes) is 1. The molecule has 9 heterocycles. The summed E-state index contributed by atoms with van der Waals surface area (Å²) in [5, 5.41) is 69.0. The molecule has 0 bridgehead atoms. The van der Waals surface area contributed by atoms with Gasteiger partial charge in [0.05, 0.1) is 64.1 Å². The minimum Gasteiger partial charge on any atom is -0.390 e. The summed E-state index contributed by atoms with van der Waals surface area (Å²) in [4.78, 5) is 117. The number of carbonyl (C=O) groups excluding carboxylic acids is 2. The quantitative estimate of drug-likeness (QED) is 0.0195. The van der Waals surface area contributed by atoms with Gasteiger partial charge < -0.3 is 125 Å². The van der Waals surface area contributed by atoms with E-state index >= 15 is 0 Å². The number of phosphoric acid groups is 4. The van der Waals surface area contributed by atoms with Crippen LogP contribution in [0.15, 0.2) is 74.7 Å². The predicted molar refractivity (Wildman–Crippen MR) is 344 cm³/mol. The Kier molecular flexibility index (Phi) is 28.1. The summed E-state index contributed by atoms with van der Waals surface area (Å²) in [6.45, 7) is 13.5. The summed E-state index contributed by atoms with van der Waals surface area (Å²) in [5.74, 6) is -0.754. The van der Waals surface area contributed by atoms with Gasteiger partial charge in [0.15, 0.2) is 40.7 Å². The van der Waals surface area contributed by atoms with E-state index in [1.165, 1.54) is 57.7 Å². The van der Waals surface area contributed by atoms with Crippen LogP contribution in [0.4, 0.5) is 11.6 Å². The molecule has 43 nitrogen and oxygen atoms in total. The summed E-state index contributed by atoms with van der Waals surface area (Å²) in [7, 11) is -17.0. The molecule has 47 heteroatoms. The first-order valence-corrected chi connectivity index (χ1v) is 36.8. The molecule has 4 aromatic rings. The number of hydrogen-bond acceptors (Lipinski definition) is 30. The molecule has 4 aromatic heterocycles. The minimum atomic E-state index is -4.74. The molecule has 2 amide bonds. The maximum Gasteiger partial charge on any atom is 0.469 e. The number of nitrogens with one attached hydrogen (secondary N) is 3. The summed E-state index contributed by atoms with van der Waals surface area (Å²) >= 11 is 0. The Morgan fingerprint density at radius 3 is 1.61 bits per heavy atom. The van der Waals surface area contributed by atoms with Gasteiger partial charge in [0.25, 0.3) is 17.6 Å². The Morgan fingerprint density at radius 2 is 1.10 bits per heavy atom. The molecule has 2 aliphatic carbocycles. The Labute approximate surface area is 576 Å². The van der Waals surface area contributed by atoms with Crippen molar-refractivity contribution >= 4 is 77.1 Å². The Morgan fingerprint density at radius 1 is 0.634 bits per heavy atom. The first-order chi connectivity index (χ1) is 46.7. The van der Waals surface area contributed by atoms with Crippen molar-refractivity contribution in [2.75, 3.05) is 57.2 Å². The van der Waals surface area contributed by atoms with Crippen LogP contribution in [0.1, 0.15) is 72.8 Å². The highest BCUT2D eigenvalue weighted by Crippen LogP contribution is 2.48. The first-order valence-electron chi connectivity index (χ1n) is 30.7. The molecule has 2 saturated carbocycles. The molecule has 0 aromatic carbocycles. The number of imidazole rings is 2. The van der Waals surface area contributed by atoms with Crippen molar-refractivity contribution in [3.05, 3.63) is 74.7 Å². The number of phosphoric ester groups is 4. The van der Waals surface area contributed by atoms with Gasteiger partial charge in [-0.05, 0) is 39.5 Å². The maximum absolute atomic E-state index is 11.4. The highest BCUT2D eigenvalue weighted by molar-refractivity contribution is 7.47. The normalized spacial score (nSPS) is 29.4. The smallest absolute Gasteiger partial charge is 0.390 e. The van der Waals surface area contributed by atoms with E-state index in [0.29, 0.717) is 59.4 Å². The number of carbonyl (C=O) groups is 2. The van der Waals surface area contributed by atoms with Gasteiger partial charge in [0, 0.05) is 56.1 Å². The molecule has 5 aliphatic heterocycles. The van der Waals surface area contributed by atoms with E-state index in [2.05, 4.69) is 79.0 Å². The average molecular weight is 1520 g/mol. The zero-order valence-electron chi connectivity index (χ0n) is 54.0. The van der Waals surface area contributed by atoms with Crippen LogP contribution in [0, 0.1) is 11.8 Å². The van der Waals surface area contributed by atoms with Crippen molar-refractivity contribution in [2.24, 2.45) is 18.9 Å². The number of aliphatic hydroxyl groups excluding tert-OH is 6. The maximum atomic E-state index is 11.4. The van der Waals surface area contributed by atoms with Crippen molar-refractivity contribution in [3.8, 4) is 0 Å². The second-order valence-electron chi connectivity index (χ2n) is 24.1. The van der Waals surface area contributed by atoms with Crippen LogP contribution < -0.4 is 26.3 Å². The van der Waals surface area contributed by atoms with E-state index in [9.17, 15) is 58.5 Å². The van der Waals surface area contributed by atoms with Gasteiger partial charge in [-0.1, -0.05) is 38.9 Å². The van der Waals surface area contributed by atoms with E-state index in [4.69, 9.17) is 68.6 Å². The molecule has 0 radical (unpaired) electrons. The number of hydrogen-bond donors (Lipinski definition) is 18. The second kappa shape index (κ2) is 34.4. The second-order valence-corrected chi connectivity index (χ2v) is 29.0. The highest BCUT2D eigenvalue weighted by atomic mass is 31.2. The third-order valence-corrected chi connectivity index (χ3v) is 18.4. The third-order valence-electron chi connectivity index (χ3n) is 16.4. The number of aromatic nitrogens is 8. The minimum absolute atomic E-state index is 0. The number of anilines is 2. The number of nitrogen functional groups attached to an aromatic ring is 1. The van der Waals surface area contributed by atoms with E-state index in [-0.39, 0.29) is 68.9 Å². The van der Waals surface area contributed by atoms with Gasteiger partial charge >= 0.3 is 31.3 Å². The van der Waals surface area contributed by atoms with Crippen LogP contribution in [0.2, 0.25) is 0 Å². The number of nitrogens with two attached hydrogens (primary N) is 1. The molecule has 0 spiro atoms. The predicted octanol–water partition coefficient (Wildman–Crippen LogP) is -2.58. The van der Waals surface area contributed by atoms with Crippen LogP contribution in [0.5, 0.6) is 0 Å². The van der Waals surface area contributed by atoms with Crippen molar-refractivity contribution in [1.29, 1.82) is 0 Å². The molecular formula is C54H87N14O29P4+. The number of aryl methyl sites for hydroxylation is 1. The molecule has 566 valence electrons. The lowest BCUT2D eigenvalue weighted by Gasteiger charge is -2.34. The van der Waals surface area contributed by atoms with Gasteiger partial charge in [-0.3, -0.25) is 36.8 Å². The topological polar surface area (TPSA) is 615 Å². The monoisotopic (exact) mass is 1520 g/mol. The lowest BCUT2D eigenvalue weighted by atomic mass is 10.1. The van der Waals surface area contributed by atoms with Crippen molar-refractivity contribution in [2.45, 2.75) is 152 Å². The van der Waals surface area contributed by atoms with E-state index < -0.39 is 124 Å². The van der Waals surface area contributed by atoms with Gasteiger partial charge in [-0.15, -0.1) is 0 Å². The lowest BCUT2D eigenvalue weighted by molar-refractivity contribution is -0.658. The Balaban J connectivity index is 0.000000190. The number of fused-ring (bicyclic) bond motifs is 3. The summed E-state index contributed by atoms with van der Waals surface area (Å²) in [6, 6.07) is -0.763. The van der Waals surface area contributed by atoms with Crippen LogP contribution in [-0.2, 0) is 76.7 Å². The Bertz CT molecular complexity index is 3790. The van der Waals surface area contributed by atoms with Gasteiger partial charge in [-0.25, -0.2) is 42.8 Å². The number of amides is 2. The van der Waals surface area contributed by atoms with Crippen molar-refractivity contribution in [3.63, 3.8) is 0 Å². The van der Waals surface area contributed by atoms with Crippen LogP contribution in [0.25, 0.3) is 22.3 Å². The number of aliphatic hydroxyl groups is 6. The zero-order chi connectivity index (χ0) is 73.6. The molecule has 19 N–H and O–H groups in total.